The molecular weight excluding hydrogens is 262 g/mol. The van der Waals surface area contributed by atoms with Crippen LogP contribution in [0.2, 0.25) is 0 Å². The molecule has 1 fully saturated rings. The molecule has 0 aromatic carbocycles. The van der Waals surface area contributed by atoms with Crippen molar-refractivity contribution < 1.29 is 14.6 Å². The van der Waals surface area contributed by atoms with Crippen molar-refractivity contribution >= 4 is 17.7 Å². The number of aliphatic hydroxyl groups is 1. The number of carbonyl (C=O) groups is 1. The molecule has 2 unspecified atom stereocenters. The fraction of sp³-hybridized carbons (Fsp3) is 0.929. The van der Waals surface area contributed by atoms with Gasteiger partial charge in [0, 0.05) is 23.7 Å². The van der Waals surface area contributed by atoms with Crippen LogP contribution in [0.15, 0.2) is 0 Å². The number of methoxy groups -OCH3 is 1. The van der Waals surface area contributed by atoms with E-state index in [-0.39, 0.29) is 18.6 Å². The fourth-order valence-electron chi connectivity index (χ4n) is 2.37. The lowest BCUT2D eigenvalue weighted by atomic mass is 9.94. The van der Waals surface area contributed by atoms with E-state index in [1.54, 1.807) is 11.8 Å². The first kappa shape index (κ1) is 16.8. The molecule has 5 heteroatoms. The van der Waals surface area contributed by atoms with Gasteiger partial charge in [-0.2, -0.15) is 11.8 Å². The number of hydrogen-bond acceptors (Lipinski definition) is 5. The Hall–Kier alpha value is -0.260. The third kappa shape index (κ3) is 4.65. The third-order valence-corrected chi connectivity index (χ3v) is 4.93. The van der Waals surface area contributed by atoms with Gasteiger partial charge in [0.1, 0.15) is 5.54 Å². The predicted octanol–water partition coefficient (Wildman–Crippen LogP) is 1.81. The second kappa shape index (κ2) is 7.50. The molecule has 1 aliphatic carbocycles. The van der Waals surface area contributed by atoms with Gasteiger partial charge in [-0.15, -0.1) is 0 Å². The third-order valence-electron chi connectivity index (χ3n) is 3.50. The van der Waals surface area contributed by atoms with Gasteiger partial charge < -0.3 is 9.84 Å². The highest BCUT2D eigenvalue weighted by Crippen LogP contribution is 2.43. The van der Waals surface area contributed by atoms with Crippen LogP contribution in [-0.4, -0.2) is 47.4 Å². The van der Waals surface area contributed by atoms with E-state index in [1.807, 2.05) is 0 Å². The molecule has 2 N–H and O–H groups in total. The highest BCUT2D eigenvalue weighted by atomic mass is 32.2. The minimum atomic E-state index is -0.558. The molecule has 0 spiro atoms. The first-order chi connectivity index (χ1) is 8.96. The molecule has 1 aliphatic rings. The molecule has 1 rings (SSSR count). The topological polar surface area (TPSA) is 58.6 Å². The molecule has 0 saturated heterocycles. The Morgan fingerprint density at radius 3 is 2.53 bits per heavy atom. The lowest BCUT2D eigenvalue weighted by Crippen LogP contribution is -2.59. The standard InChI is InChI=1S/C14H27NO3S/c1-10(2)15-14(12-5-6-12,13(17)18-4)9-19-11(3)7-8-16/h10-12,15-16H,5-9H2,1-4H3. The van der Waals surface area contributed by atoms with Crippen molar-refractivity contribution in [2.75, 3.05) is 19.5 Å². The van der Waals surface area contributed by atoms with Crippen LogP contribution in [0.5, 0.6) is 0 Å². The van der Waals surface area contributed by atoms with Gasteiger partial charge >= 0.3 is 5.97 Å². The molecule has 19 heavy (non-hydrogen) atoms. The summed E-state index contributed by atoms with van der Waals surface area (Å²) in [5, 5.41) is 12.8. The summed E-state index contributed by atoms with van der Waals surface area (Å²) in [5.74, 6) is 0.951. The molecule has 0 bridgehead atoms. The molecule has 112 valence electrons. The molecule has 0 aliphatic heterocycles. The number of esters is 1. The molecule has 1 saturated carbocycles. The molecule has 0 amide bonds. The maximum absolute atomic E-state index is 12.3. The number of nitrogens with one attached hydrogen (secondary N) is 1. The van der Waals surface area contributed by atoms with E-state index in [4.69, 9.17) is 9.84 Å². The van der Waals surface area contributed by atoms with Crippen LogP contribution in [0.4, 0.5) is 0 Å². The van der Waals surface area contributed by atoms with Crippen molar-refractivity contribution in [3.63, 3.8) is 0 Å². The zero-order valence-electron chi connectivity index (χ0n) is 12.4. The number of ether oxygens (including phenoxy) is 1. The highest BCUT2D eigenvalue weighted by Gasteiger charge is 2.52. The van der Waals surface area contributed by atoms with Crippen LogP contribution in [0.25, 0.3) is 0 Å². The van der Waals surface area contributed by atoms with Crippen molar-refractivity contribution in [1.29, 1.82) is 0 Å². The Balaban J connectivity index is 2.74. The summed E-state index contributed by atoms with van der Waals surface area (Å²) in [5.41, 5.74) is -0.558. The van der Waals surface area contributed by atoms with E-state index < -0.39 is 5.54 Å². The normalized spacial score (nSPS) is 20.1. The quantitative estimate of drug-likeness (QED) is 0.634. The molecule has 0 aromatic heterocycles. The largest absolute Gasteiger partial charge is 0.468 e. The predicted molar refractivity (Wildman–Crippen MR) is 79.4 cm³/mol. The van der Waals surface area contributed by atoms with Crippen molar-refractivity contribution in [3.05, 3.63) is 0 Å². The summed E-state index contributed by atoms with van der Waals surface area (Å²) in [6.45, 7) is 6.40. The second-order valence-corrected chi connectivity index (χ2v) is 7.10. The van der Waals surface area contributed by atoms with E-state index in [0.717, 1.165) is 19.3 Å². The van der Waals surface area contributed by atoms with Crippen LogP contribution >= 0.6 is 11.8 Å². The Bertz CT molecular complexity index is 294. The van der Waals surface area contributed by atoms with E-state index in [2.05, 4.69) is 26.1 Å². The molecular formula is C14H27NO3S. The van der Waals surface area contributed by atoms with Gasteiger partial charge in [-0.1, -0.05) is 6.92 Å². The zero-order valence-corrected chi connectivity index (χ0v) is 13.3. The molecule has 2 atom stereocenters. The van der Waals surface area contributed by atoms with Gasteiger partial charge in [0.05, 0.1) is 7.11 Å². The van der Waals surface area contributed by atoms with Gasteiger partial charge in [-0.3, -0.25) is 10.1 Å². The minimum Gasteiger partial charge on any atom is -0.468 e. The Morgan fingerprint density at radius 1 is 1.47 bits per heavy atom. The van der Waals surface area contributed by atoms with Crippen LogP contribution in [0.3, 0.4) is 0 Å². The minimum absolute atomic E-state index is 0.146. The Morgan fingerprint density at radius 2 is 2.11 bits per heavy atom. The number of rotatable bonds is 9. The van der Waals surface area contributed by atoms with E-state index >= 15 is 0 Å². The van der Waals surface area contributed by atoms with Gasteiger partial charge in [0.15, 0.2) is 0 Å². The summed E-state index contributed by atoms with van der Waals surface area (Å²) < 4.78 is 5.05. The van der Waals surface area contributed by atoms with E-state index in [0.29, 0.717) is 16.9 Å². The van der Waals surface area contributed by atoms with E-state index in [1.165, 1.54) is 7.11 Å². The van der Waals surface area contributed by atoms with Crippen molar-refractivity contribution in [2.45, 2.75) is 56.9 Å². The average molecular weight is 289 g/mol. The molecule has 0 aromatic rings. The molecule has 4 nitrogen and oxygen atoms in total. The van der Waals surface area contributed by atoms with Gasteiger partial charge in [0.2, 0.25) is 0 Å². The number of hydrogen-bond donors (Lipinski definition) is 2. The zero-order chi connectivity index (χ0) is 14.5. The highest BCUT2D eigenvalue weighted by molar-refractivity contribution is 8.00. The van der Waals surface area contributed by atoms with Crippen LogP contribution in [-0.2, 0) is 9.53 Å². The first-order valence-electron chi connectivity index (χ1n) is 7.04. The van der Waals surface area contributed by atoms with Gasteiger partial charge in [-0.25, -0.2) is 0 Å². The number of thioether (sulfide) groups is 1. The monoisotopic (exact) mass is 289 g/mol. The second-order valence-electron chi connectivity index (χ2n) is 5.67. The average Bonchev–Trinajstić information content (AvgIpc) is 3.18. The summed E-state index contributed by atoms with van der Waals surface area (Å²) in [4.78, 5) is 12.3. The van der Waals surface area contributed by atoms with Crippen molar-refractivity contribution in [2.24, 2.45) is 5.92 Å². The Labute approximate surface area is 120 Å². The SMILES string of the molecule is COC(=O)C(CSC(C)CCO)(NC(C)C)C1CC1. The summed E-state index contributed by atoms with van der Waals surface area (Å²) >= 11 is 1.74. The van der Waals surface area contributed by atoms with E-state index in [9.17, 15) is 4.79 Å². The number of carbonyl (C=O) groups excluding carboxylic acids is 1. The summed E-state index contributed by atoms with van der Waals surface area (Å²) in [7, 11) is 1.46. The summed E-state index contributed by atoms with van der Waals surface area (Å²) in [6, 6.07) is 0.244. The molecule has 0 heterocycles. The number of aliphatic hydroxyl groups excluding tert-OH is 1. The van der Waals surface area contributed by atoms with Crippen LogP contribution in [0, 0.1) is 5.92 Å². The van der Waals surface area contributed by atoms with Crippen molar-refractivity contribution in [1.82, 2.24) is 5.32 Å². The first-order valence-corrected chi connectivity index (χ1v) is 8.09. The molecule has 0 radical (unpaired) electrons. The lowest BCUT2D eigenvalue weighted by molar-refractivity contribution is -0.148. The fourth-order valence-corrected chi connectivity index (χ4v) is 3.63. The lowest BCUT2D eigenvalue weighted by Gasteiger charge is -2.34. The van der Waals surface area contributed by atoms with Crippen LogP contribution in [0.1, 0.15) is 40.0 Å². The maximum atomic E-state index is 12.3. The summed E-state index contributed by atoms with van der Waals surface area (Å²) in [6.07, 6.45) is 2.93. The van der Waals surface area contributed by atoms with Gasteiger partial charge in [0.25, 0.3) is 0 Å². The smallest absolute Gasteiger partial charge is 0.327 e. The Kier molecular flexibility index (Phi) is 6.63. The maximum Gasteiger partial charge on any atom is 0.327 e. The van der Waals surface area contributed by atoms with Crippen molar-refractivity contribution in [3.8, 4) is 0 Å². The van der Waals surface area contributed by atoms with Crippen LogP contribution < -0.4 is 5.32 Å². The van der Waals surface area contributed by atoms with Gasteiger partial charge in [-0.05, 0) is 39.0 Å².